The van der Waals surface area contributed by atoms with Crippen molar-refractivity contribution in [3.8, 4) is 0 Å². The van der Waals surface area contributed by atoms with Crippen LogP contribution in [0.25, 0.3) is 0 Å². The molecule has 0 amide bonds. The summed E-state index contributed by atoms with van der Waals surface area (Å²) in [5.41, 5.74) is 0. The maximum Gasteiger partial charge on any atom is 0.306 e. The van der Waals surface area contributed by atoms with E-state index in [-0.39, 0.29) is 31.1 Å². The lowest BCUT2D eigenvalue weighted by molar-refractivity contribution is -0.167. The van der Waals surface area contributed by atoms with Gasteiger partial charge >= 0.3 is 17.9 Å². The lowest BCUT2D eigenvalue weighted by Gasteiger charge is -2.18. The van der Waals surface area contributed by atoms with E-state index >= 15 is 0 Å². The number of carbonyl (C=O) groups is 3. The van der Waals surface area contributed by atoms with Gasteiger partial charge in [0, 0.05) is 19.3 Å². The second-order valence-corrected chi connectivity index (χ2v) is 19.9. The summed E-state index contributed by atoms with van der Waals surface area (Å²) in [6, 6.07) is 0. The lowest BCUT2D eigenvalue weighted by Crippen LogP contribution is -2.30. The molecule has 1 atom stereocenters. The van der Waals surface area contributed by atoms with E-state index in [1.165, 1.54) is 218 Å². The van der Waals surface area contributed by atoms with E-state index in [9.17, 15) is 14.4 Å². The van der Waals surface area contributed by atoms with Crippen LogP contribution < -0.4 is 0 Å². The van der Waals surface area contributed by atoms with Gasteiger partial charge in [-0.3, -0.25) is 14.4 Å². The molecule has 0 aromatic rings. The topological polar surface area (TPSA) is 78.9 Å². The molecule has 0 bridgehead atoms. The summed E-state index contributed by atoms with van der Waals surface area (Å²) < 4.78 is 16.9. The van der Waals surface area contributed by atoms with E-state index in [1.54, 1.807) is 0 Å². The highest BCUT2D eigenvalue weighted by Gasteiger charge is 2.19. The van der Waals surface area contributed by atoms with Crippen LogP contribution in [-0.4, -0.2) is 37.2 Å². The maximum absolute atomic E-state index is 12.8. The molecular weight excluding hydrogens is 817 g/mol. The lowest BCUT2D eigenvalue weighted by atomic mass is 10.0. The molecule has 0 aliphatic carbocycles. The summed E-state index contributed by atoms with van der Waals surface area (Å²) in [7, 11) is 0. The molecule has 66 heavy (non-hydrogen) atoms. The van der Waals surface area contributed by atoms with Gasteiger partial charge in [-0.25, -0.2) is 0 Å². The van der Waals surface area contributed by atoms with Crippen LogP contribution in [0.1, 0.15) is 323 Å². The van der Waals surface area contributed by atoms with E-state index in [0.29, 0.717) is 19.3 Å². The van der Waals surface area contributed by atoms with Crippen LogP contribution in [0.5, 0.6) is 0 Å². The number of hydrogen-bond acceptors (Lipinski definition) is 6. The fourth-order valence-electron chi connectivity index (χ4n) is 8.71. The van der Waals surface area contributed by atoms with Crippen molar-refractivity contribution in [1.82, 2.24) is 0 Å². The average molecular weight is 930 g/mol. The molecule has 0 rings (SSSR count). The molecule has 0 saturated carbocycles. The van der Waals surface area contributed by atoms with Crippen molar-refractivity contribution in [3.05, 3.63) is 24.3 Å². The first-order valence-corrected chi connectivity index (χ1v) is 29.3. The van der Waals surface area contributed by atoms with Crippen LogP contribution in [0.4, 0.5) is 0 Å². The number of hydrogen-bond donors (Lipinski definition) is 0. The van der Waals surface area contributed by atoms with Crippen molar-refractivity contribution < 1.29 is 28.6 Å². The quantitative estimate of drug-likeness (QED) is 0.0262. The standard InChI is InChI=1S/C60H112O6/c1-4-7-10-13-16-19-22-24-26-28-30-32-33-35-38-41-44-47-50-53-59(62)65-56-57(55-64-58(61)52-49-46-43-40-37-21-18-15-12-9-6-3)66-60(63)54-51-48-45-42-39-36-34-31-29-27-25-23-20-17-14-11-8-5-2/h15,18,28,30,57H,4-14,16-17,19-27,29,31-56H2,1-3H3/b18-15-,30-28-/t57-/m1/s1. The van der Waals surface area contributed by atoms with Gasteiger partial charge in [0.15, 0.2) is 6.10 Å². The molecule has 388 valence electrons. The third-order valence-corrected chi connectivity index (χ3v) is 13.2. The summed E-state index contributed by atoms with van der Waals surface area (Å²) in [4.78, 5) is 38.1. The summed E-state index contributed by atoms with van der Waals surface area (Å²) in [6.45, 7) is 6.64. The average Bonchev–Trinajstić information content (AvgIpc) is 3.31. The number of rotatable bonds is 54. The van der Waals surface area contributed by atoms with E-state index in [0.717, 1.165) is 64.2 Å². The van der Waals surface area contributed by atoms with Crippen molar-refractivity contribution >= 4 is 17.9 Å². The number of carbonyl (C=O) groups excluding carboxylic acids is 3. The van der Waals surface area contributed by atoms with Crippen molar-refractivity contribution in [2.45, 2.75) is 329 Å². The minimum absolute atomic E-state index is 0.0720. The third kappa shape index (κ3) is 52.9. The largest absolute Gasteiger partial charge is 0.462 e. The summed E-state index contributed by atoms with van der Waals surface area (Å²) >= 11 is 0. The first-order chi connectivity index (χ1) is 32.5. The van der Waals surface area contributed by atoms with Gasteiger partial charge in [-0.05, 0) is 64.2 Å². The molecule has 0 aromatic carbocycles. The molecule has 0 aromatic heterocycles. The van der Waals surface area contributed by atoms with Crippen LogP contribution >= 0.6 is 0 Å². The van der Waals surface area contributed by atoms with E-state index < -0.39 is 6.10 Å². The van der Waals surface area contributed by atoms with Gasteiger partial charge < -0.3 is 14.2 Å². The fraction of sp³-hybridized carbons (Fsp3) is 0.883. The maximum atomic E-state index is 12.8. The van der Waals surface area contributed by atoms with E-state index in [4.69, 9.17) is 14.2 Å². The Hall–Kier alpha value is -2.11. The minimum Gasteiger partial charge on any atom is -0.462 e. The molecule has 0 N–H and O–H groups in total. The van der Waals surface area contributed by atoms with Crippen LogP contribution in [0.2, 0.25) is 0 Å². The van der Waals surface area contributed by atoms with Gasteiger partial charge in [-0.15, -0.1) is 0 Å². The number of esters is 3. The molecule has 6 heteroatoms. The Labute approximate surface area is 411 Å². The highest BCUT2D eigenvalue weighted by Crippen LogP contribution is 2.17. The van der Waals surface area contributed by atoms with Gasteiger partial charge in [0.1, 0.15) is 13.2 Å². The van der Waals surface area contributed by atoms with Crippen molar-refractivity contribution in [2.75, 3.05) is 13.2 Å². The molecular formula is C60H112O6. The predicted octanol–water partition coefficient (Wildman–Crippen LogP) is 19.5. The second-order valence-electron chi connectivity index (χ2n) is 19.9. The molecule has 0 spiro atoms. The summed E-state index contributed by atoms with van der Waals surface area (Å²) in [5.74, 6) is -0.866. The first kappa shape index (κ1) is 63.9. The van der Waals surface area contributed by atoms with Gasteiger partial charge in [-0.2, -0.15) is 0 Å². The Balaban J connectivity index is 4.28. The Morgan fingerprint density at radius 1 is 0.288 bits per heavy atom. The van der Waals surface area contributed by atoms with E-state index in [2.05, 4.69) is 45.1 Å². The minimum atomic E-state index is -0.772. The fourth-order valence-corrected chi connectivity index (χ4v) is 8.71. The normalized spacial score (nSPS) is 12.1. The Kier molecular flexibility index (Phi) is 53.7. The summed E-state index contributed by atoms with van der Waals surface area (Å²) in [6.07, 6.45) is 64.6. The third-order valence-electron chi connectivity index (χ3n) is 13.2. The van der Waals surface area contributed by atoms with Gasteiger partial charge in [0.2, 0.25) is 0 Å². The molecule has 0 radical (unpaired) electrons. The Bertz CT molecular complexity index is 1070. The van der Waals surface area contributed by atoms with Crippen molar-refractivity contribution in [3.63, 3.8) is 0 Å². The number of ether oxygens (including phenoxy) is 3. The smallest absolute Gasteiger partial charge is 0.306 e. The highest BCUT2D eigenvalue weighted by molar-refractivity contribution is 5.71. The van der Waals surface area contributed by atoms with Gasteiger partial charge in [0.25, 0.3) is 0 Å². The van der Waals surface area contributed by atoms with Crippen molar-refractivity contribution in [2.24, 2.45) is 0 Å². The van der Waals surface area contributed by atoms with Crippen LogP contribution in [0.15, 0.2) is 24.3 Å². The molecule has 0 aliphatic heterocycles. The highest BCUT2D eigenvalue weighted by atomic mass is 16.6. The molecule has 0 heterocycles. The molecule has 0 unspecified atom stereocenters. The van der Waals surface area contributed by atoms with Crippen LogP contribution in [0, 0.1) is 0 Å². The van der Waals surface area contributed by atoms with Gasteiger partial charge in [0.05, 0.1) is 0 Å². The SMILES string of the molecule is CCCC/C=C\CCCCCCCC(=O)OC[C@H](COC(=O)CCCCCCCCC/C=C\CCCCCCCCCC)OC(=O)CCCCCCCCCCCCCCCCCCCC. The van der Waals surface area contributed by atoms with Crippen LogP contribution in [0.3, 0.4) is 0 Å². The molecule has 0 fully saturated rings. The zero-order valence-electron chi connectivity index (χ0n) is 44.5. The van der Waals surface area contributed by atoms with Crippen LogP contribution in [-0.2, 0) is 28.6 Å². The predicted molar refractivity (Wildman–Crippen MR) is 284 cm³/mol. The molecule has 0 aliphatic rings. The number of unbranched alkanes of at least 4 members (excludes halogenated alkanes) is 39. The van der Waals surface area contributed by atoms with Gasteiger partial charge in [-0.1, -0.05) is 263 Å². The molecule has 6 nitrogen and oxygen atoms in total. The zero-order valence-corrected chi connectivity index (χ0v) is 44.5. The first-order valence-electron chi connectivity index (χ1n) is 29.3. The summed E-state index contributed by atoms with van der Waals surface area (Å²) in [5, 5.41) is 0. The number of allylic oxidation sites excluding steroid dienone is 4. The van der Waals surface area contributed by atoms with Crippen molar-refractivity contribution in [1.29, 1.82) is 0 Å². The monoisotopic (exact) mass is 929 g/mol. The molecule has 0 saturated heterocycles. The Morgan fingerprint density at radius 3 is 0.803 bits per heavy atom. The van der Waals surface area contributed by atoms with E-state index in [1.807, 2.05) is 0 Å². The zero-order chi connectivity index (χ0) is 47.9. The second kappa shape index (κ2) is 55.5. The Morgan fingerprint density at radius 2 is 0.515 bits per heavy atom.